The van der Waals surface area contributed by atoms with E-state index in [1.807, 2.05) is 23.5 Å². The van der Waals surface area contributed by atoms with Crippen molar-refractivity contribution in [3.63, 3.8) is 0 Å². The second-order valence-electron chi connectivity index (χ2n) is 5.75. The summed E-state index contributed by atoms with van der Waals surface area (Å²) in [6.07, 6.45) is 2.45. The van der Waals surface area contributed by atoms with Gasteiger partial charge in [-0.25, -0.2) is 0 Å². The van der Waals surface area contributed by atoms with E-state index in [1.54, 1.807) is 0 Å². The van der Waals surface area contributed by atoms with Crippen molar-refractivity contribution in [2.24, 2.45) is 5.92 Å². The van der Waals surface area contributed by atoms with E-state index < -0.39 is 0 Å². The van der Waals surface area contributed by atoms with Gasteiger partial charge in [0.05, 0.1) is 12.2 Å². The van der Waals surface area contributed by atoms with Crippen LogP contribution in [-0.2, 0) is 4.79 Å². The first-order valence-corrected chi connectivity index (χ1v) is 9.59. The lowest BCUT2D eigenvalue weighted by Crippen LogP contribution is -2.42. The van der Waals surface area contributed by atoms with Crippen molar-refractivity contribution >= 4 is 29.4 Å². The molecular weight excluding hydrogens is 276 g/mol. The van der Waals surface area contributed by atoms with Crippen LogP contribution < -0.4 is 5.32 Å². The highest BCUT2D eigenvalue weighted by atomic mass is 32.2. The summed E-state index contributed by atoms with van der Waals surface area (Å²) < 4.78 is 0. The summed E-state index contributed by atoms with van der Waals surface area (Å²) >= 11 is 4.07. The van der Waals surface area contributed by atoms with Gasteiger partial charge in [-0.2, -0.15) is 23.5 Å². The lowest BCUT2D eigenvalue weighted by atomic mass is 10.1. The van der Waals surface area contributed by atoms with E-state index in [9.17, 15) is 4.79 Å². The quantitative estimate of drug-likeness (QED) is 0.845. The highest BCUT2D eigenvalue weighted by Gasteiger charge is 2.40. The van der Waals surface area contributed by atoms with Gasteiger partial charge in [-0.15, -0.1) is 0 Å². The van der Waals surface area contributed by atoms with E-state index >= 15 is 0 Å². The van der Waals surface area contributed by atoms with Crippen molar-refractivity contribution in [2.75, 3.05) is 23.8 Å². The van der Waals surface area contributed by atoms with Crippen molar-refractivity contribution in [3.05, 3.63) is 0 Å². The minimum atomic E-state index is 0.0257. The molecule has 0 aromatic heterocycles. The zero-order valence-electron chi connectivity index (χ0n) is 12.2. The molecule has 2 aliphatic heterocycles. The van der Waals surface area contributed by atoms with Crippen molar-refractivity contribution in [3.8, 4) is 0 Å². The standard InChI is InChI=1S/C14H26N2OS2/c1-4-5-12-15-13(10(2)3)14(17)16(12)8-11-9-18-6-7-19-11/h10-13,15H,4-9H2,1-3H3. The second kappa shape index (κ2) is 7.23. The van der Waals surface area contributed by atoms with Gasteiger partial charge in [0.25, 0.3) is 0 Å². The number of hydrogen-bond donors (Lipinski definition) is 1. The fourth-order valence-corrected chi connectivity index (χ4v) is 5.43. The summed E-state index contributed by atoms with van der Waals surface area (Å²) in [4.78, 5) is 14.7. The van der Waals surface area contributed by atoms with Crippen LogP contribution in [0.5, 0.6) is 0 Å². The molecule has 0 radical (unpaired) electrons. The zero-order valence-corrected chi connectivity index (χ0v) is 13.9. The fraction of sp³-hybridized carbons (Fsp3) is 0.929. The maximum Gasteiger partial charge on any atom is 0.241 e. The average molecular weight is 303 g/mol. The molecule has 0 aromatic rings. The first kappa shape index (κ1) is 15.5. The zero-order chi connectivity index (χ0) is 13.8. The number of nitrogens with zero attached hydrogens (tertiary/aromatic N) is 1. The minimum absolute atomic E-state index is 0.0257. The van der Waals surface area contributed by atoms with Crippen molar-refractivity contribution in [1.29, 1.82) is 0 Å². The summed E-state index contributed by atoms with van der Waals surface area (Å²) in [7, 11) is 0. The molecule has 2 saturated heterocycles. The molecule has 3 atom stereocenters. The lowest BCUT2D eigenvalue weighted by molar-refractivity contribution is -0.130. The Morgan fingerprint density at radius 1 is 1.42 bits per heavy atom. The van der Waals surface area contributed by atoms with Crippen molar-refractivity contribution < 1.29 is 4.79 Å². The van der Waals surface area contributed by atoms with Crippen molar-refractivity contribution in [1.82, 2.24) is 10.2 Å². The van der Waals surface area contributed by atoms with Gasteiger partial charge in [-0.3, -0.25) is 10.1 Å². The third-order valence-corrected chi connectivity index (χ3v) is 6.64. The predicted molar refractivity (Wildman–Crippen MR) is 85.7 cm³/mol. The molecule has 0 aromatic carbocycles. The SMILES string of the molecule is CCCC1NC(C(C)C)C(=O)N1CC1CSCCS1. The minimum Gasteiger partial charge on any atom is -0.325 e. The van der Waals surface area contributed by atoms with Crippen LogP contribution in [0.2, 0.25) is 0 Å². The van der Waals surface area contributed by atoms with Gasteiger partial charge < -0.3 is 4.90 Å². The Kier molecular flexibility index (Phi) is 5.90. The molecule has 3 nitrogen and oxygen atoms in total. The molecule has 1 N–H and O–H groups in total. The molecule has 0 saturated carbocycles. The van der Waals surface area contributed by atoms with Crippen LogP contribution in [0.25, 0.3) is 0 Å². The average Bonchev–Trinajstić information content (AvgIpc) is 2.70. The number of nitrogens with one attached hydrogen (secondary N) is 1. The summed E-state index contributed by atoms with van der Waals surface area (Å²) in [6, 6.07) is 0.0257. The molecule has 2 aliphatic rings. The first-order valence-electron chi connectivity index (χ1n) is 7.39. The molecule has 5 heteroatoms. The Balaban J connectivity index is 1.99. The first-order chi connectivity index (χ1) is 9.13. The lowest BCUT2D eigenvalue weighted by Gasteiger charge is -2.30. The molecule has 0 aliphatic carbocycles. The van der Waals surface area contributed by atoms with Gasteiger partial charge in [0, 0.05) is 29.1 Å². The Morgan fingerprint density at radius 2 is 2.21 bits per heavy atom. The Hall–Kier alpha value is 0.130. The van der Waals surface area contributed by atoms with Crippen molar-refractivity contribution in [2.45, 2.75) is 51.1 Å². The molecule has 3 unspecified atom stereocenters. The third-order valence-electron chi connectivity index (χ3n) is 3.81. The van der Waals surface area contributed by atoms with E-state index in [-0.39, 0.29) is 12.2 Å². The number of carbonyl (C=O) groups excluding carboxylic acids is 1. The van der Waals surface area contributed by atoms with Gasteiger partial charge in [0.15, 0.2) is 0 Å². The molecule has 0 bridgehead atoms. The van der Waals surface area contributed by atoms with E-state index in [0.29, 0.717) is 17.1 Å². The number of hydrogen-bond acceptors (Lipinski definition) is 4. The van der Waals surface area contributed by atoms with Gasteiger partial charge >= 0.3 is 0 Å². The Labute approximate surface area is 125 Å². The summed E-state index contributed by atoms with van der Waals surface area (Å²) in [5.41, 5.74) is 0. The molecule has 2 heterocycles. The van der Waals surface area contributed by atoms with Gasteiger partial charge in [0.2, 0.25) is 5.91 Å². The fourth-order valence-electron chi connectivity index (χ4n) is 2.77. The molecule has 1 amide bonds. The Bertz CT molecular complexity index is 306. The number of thioether (sulfide) groups is 2. The molecule has 2 rings (SSSR count). The van der Waals surface area contributed by atoms with Crippen LogP contribution in [0.15, 0.2) is 0 Å². The van der Waals surface area contributed by atoms with E-state index in [1.165, 1.54) is 17.3 Å². The highest BCUT2D eigenvalue weighted by molar-refractivity contribution is 8.06. The summed E-state index contributed by atoms with van der Waals surface area (Å²) in [6.45, 7) is 7.39. The van der Waals surface area contributed by atoms with Crippen LogP contribution in [0.4, 0.5) is 0 Å². The normalized spacial score (nSPS) is 32.3. The number of carbonyl (C=O) groups is 1. The van der Waals surface area contributed by atoms with E-state index in [0.717, 1.165) is 19.4 Å². The monoisotopic (exact) mass is 302 g/mol. The molecule has 2 fully saturated rings. The van der Waals surface area contributed by atoms with Crippen LogP contribution in [0.1, 0.15) is 33.6 Å². The third kappa shape index (κ3) is 3.82. The van der Waals surface area contributed by atoms with Crippen LogP contribution in [0.3, 0.4) is 0 Å². The van der Waals surface area contributed by atoms with Gasteiger partial charge in [-0.1, -0.05) is 27.2 Å². The predicted octanol–water partition coefficient (Wildman–Crippen LogP) is 2.42. The van der Waals surface area contributed by atoms with Crippen LogP contribution in [-0.4, -0.2) is 52.1 Å². The maximum atomic E-state index is 12.6. The molecule has 110 valence electrons. The highest BCUT2D eigenvalue weighted by Crippen LogP contribution is 2.28. The maximum absolute atomic E-state index is 12.6. The Morgan fingerprint density at radius 3 is 2.79 bits per heavy atom. The van der Waals surface area contributed by atoms with Crippen LogP contribution >= 0.6 is 23.5 Å². The topological polar surface area (TPSA) is 32.3 Å². The van der Waals surface area contributed by atoms with E-state index in [4.69, 9.17) is 0 Å². The van der Waals surface area contributed by atoms with Gasteiger partial charge in [0.1, 0.15) is 0 Å². The number of amides is 1. The summed E-state index contributed by atoms with van der Waals surface area (Å²) in [5, 5.41) is 4.16. The second-order valence-corrected chi connectivity index (χ2v) is 8.31. The number of rotatable bonds is 5. The van der Waals surface area contributed by atoms with E-state index in [2.05, 4.69) is 31.0 Å². The van der Waals surface area contributed by atoms with Crippen LogP contribution in [0, 0.1) is 5.92 Å². The summed E-state index contributed by atoms with van der Waals surface area (Å²) in [5.74, 6) is 4.39. The molecule has 0 spiro atoms. The molecule has 19 heavy (non-hydrogen) atoms. The van der Waals surface area contributed by atoms with Gasteiger partial charge in [-0.05, 0) is 12.3 Å². The largest absolute Gasteiger partial charge is 0.325 e. The smallest absolute Gasteiger partial charge is 0.241 e. The molecular formula is C14H26N2OS2.